The van der Waals surface area contributed by atoms with Crippen LogP contribution in [0, 0.1) is 21.8 Å². The Morgan fingerprint density at radius 2 is 2.25 bits per heavy atom. The first kappa shape index (κ1) is 18.0. The number of rotatable bonds is 6. The number of hydrogen-bond acceptors (Lipinski definition) is 7. The molecule has 0 bridgehead atoms. The average molecular weight is 400 g/mol. The lowest BCUT2D eigenvalue weighted by molar-refractivity contribution is -0.384. The molecule has 1 saturated carbocycles. The van der Waals surface area contributed by atoms with E-state index in [1.807, 2.05) is 4.57 Å². The Bertz CT molecular complexity index is 1130. The van der Waals surface area contributed by atoms with Gasteiger partial charge in [-0.25, -0.2) is 4.68 Å². The predicted molar refractivity (Wildman–Crippen MR) is 99.6 cm³/mol. The van der Waals surface area contributed by atoms with Crippen molar-refractivity contribution < 1.29 is 9.72 Å². The molecule has 0 aliphatic heterocycles. The second-order valence-electron chi connectivity index (χ2n) is 6.44. The number of aromatic amines is 1. The number of hydrogen-bond donors (Lipinski definition) is 2. The number of non-ortho nitro benzene ring substituents is 1. The van der Waals surface area contributed by atoms with Crippen molar-refractivity contribution in [3.05, 3.63) is 56.4 Å². The van der Waals surface area contributed by atoms with Gasteiger partial charge in [-0.15, -0.1) is 5.10 Å². The van der Waals surface area contributed by atoms with Crippen LogP contribution in [0.15, 0.2) is 24.3 Å². The zero-order valence-corrected chi connectivity index (χ0v) is 15.6. The molecule has 144 valence electrons. The van der Waals surface area contributed by atoms with E-state index in [0.29, 0.717) is 28.0 Å². The minimum Gasteiger partial charge on any atom is -0.343 e. The van der Waals surface area contributed by atoms with Crippen LogP contribution in [-0.4, -0.2) is 40.6 Å². The maximum Gasteiger partial charge on any atom is 0.274 e. The number of H-pyrrole nitrogens is 1. The lowest BCUT2D eigenvalue weighted by atomic mass is 10.2. The normalized spacial score (nSPS) is 13.5. The first-order valence-corrected chi connectivity index (χ1v) is 8.97. The van der Waals surface area contributed by atoms with Crippen molar-refractivity contribution in [3.63, 3.8) is 0 Å². The third-order valence-electron chi connectivity index (χ3n) is 4.49. The molecule has 4 rings (SSSR count). The second kappa shape index (κ2) is 6.96. The second-order valence-corrected chi connectivity index (χ2v) is 6.83. The molecule has 2 heterocycles. The molecule has 1 amide bonds. The van der Waals surface area contributed by atoms with Gasteiger partial charge in [0, 0.05) is 18.2 Å². The minimum absolute atomic E-state index is 0.0683. The topological polar surface area (TPSA) is 137 Å². The summed E-state index contributed by atoms with van der Waals surface area (Å²) in [6, 6.07) is 6.31. The van der Waals surface area contributed by atoms with E-state index in [2.05, 4.69) is 25.8 Å². The van der Waals surface area contributed by atoms with E-state index in [1.165, 1.54) is 16.8 Å². The van der Waals surface area contributed by atoms with Crippen LogP contribution < -0.4 is 5.32 Å². The Kier molecular flexibility index (Phi) is 4.47. The maximum atomic E-state index is 12.6. The standard InChI is InChI=1S/C16H16N8O3S/c1-9-14(19-21-23(9)11-3-2-4-12(7-11)24(26)27)15(25)17-8-13-18-20-16(28)22(13)10-5-6-10/h2-4,7,10H,5-6,8H2,1H3,(H,17,25)(H,20,28). The lowest BCUT2D eigenvalue weighted by Gasteiger charge is -2.06. The van der Waals surface area contributed by atoms with Crippen molar-refractivity contribution in [1.82, 2.24) is 35.1 Å². The van der Waals surface area contributed by atoms with Crippen LogP contribution in [0.2, 0.25) is 0 Å². The van der Waals surface area contributed by atoms with Gasteiger partial charge in [-0.3, -0.25) is 24.6 Å². The van der Waals surface area contributed by atoms with Crippen molar-refractivity contribution in [2.24, 2.45) is 0 Å². The molecule has 2 aromatic heterocycles. The van der Waals surface area contributed by atoms with Gasteiger partial charge < -0.3 is 5.32 Å². The predicted octanol–water partition coefficient (Wildman–Crippen LogP) is 2.00. The van der Waals surface area contributed by atoms with Crippen LogP contribution in [0.4, 0.5) is 5.69 Å². The SMILES string of the molecule is Cc1c(C(=O)NCc2n[nH]c(=S)n2C2CC2)nnn1-c1cccc([N+](=O)[O-])c1. The number of aromatic nitrogens is 6. The van der Waals surface area contributed by atoms with Crippen molar-refractivity contribution in [2.45, 2.75) is 32.4 Å². The molecule has 0 atom stereocenters. The number of nitro benzene ring substituents is 1. The molecule has 1 fully saturated rings. The van der Waals surface area contributed by atoms with Crippen LogP contribution in [0.5, 0.6) is 0 Å². The maximum absolute atomic E-state index is 12.6. The zero-order chi connectivity index (χ0) is 19.8. The van der Waals surface area contributed by atoms with Crippen molar-refractivity contribution in [1.29, 1.82) is 0 Å². The van der Waals surface area contributed by atoms with E-state index in [1.54, 1.807) is 19.1 Å². The number of nitro groups is 1. The summed E-state index contributed by atoms with van der Waals surface area (Å²) in [5, 5.41) is 28.5. The van der Waals surface area contributed by atoms with Gasteiger partial charge in [-0.1, -0.05) is 11.3 Å². The van der Waals surface area contributed by atoms with Gasteiger partial charge in [-0.05, 0) is 38.0 Å². The first-order valence-electron chi connectivity index (χ1n) is 8.57. The summed E-state index contributed by atoms with van der Waals surface area (Å²) < 4.78 is 3.85. The third kappa shape index (κ3) is 3.29. The highest BCUT2D eigenvalue weighted by molar-refractivity contribution is 7.71. The zero-order valence-electron chi connectivity index (χ0n) is 14.8. The Morgan fingerprint density at radius 1 is 1.46 bits per heavy atom. The van der Waals surface area contributed by atoms with E-state index in [-0.39, 0.29) is 17.9 Å². The molecular formula is C16H16N8O3S. The van der Waals surface area contributed by atoms with E-state index in [0.717, 1.165) is 12.8 Å². The summed E-state index contributed by atoms with van der Waals surface area (Å²) in [6.45, 7) is 1.87. The van der Waals surface area contributed by atoms with Crippen LogP contribution in [0.25, 0.3) is 5.69 Å². The lowest BCUT2D eigenvalue weighted by Crippen LogP contribution is -2.26. The fourth-order valence-electron chi connectivity index (χ4n) is 2.94. The molecule has 12 heteroatoms. The summed E-state index contributed by atoms with van der Waals surface area (Å²) in [5.74, 6) is 0.245. The summed E-state index contributed by atoms with van der Waals surface area (Å²) >= 11 is 5.23. The monoisotopic (exact) mass is 400 g/mol. The summed E-state index contributed by atoms with van der Waals surface area (Å²) in [7, 11) is 0. The van der Waals surface area contributed by atoms with E-state index < -0.39 is 10.8 Å². The van der Waals surface area contributed by atoms with Gasteiger partial charge in [0.2, 0.25) is 0 Å². The van der Waals surface area contributed by atoms with Crippen LogP contribution >= 0.6 is 12.2 Å². The molecule has 1 aliphatic rings. The molecule has 11 nitrogen and oxygen atoms in total. The Balaban J connectivity index is 1.53. The minimum atomic E-state index is -0.490. The highest BCUT2D eigenvalue weighted by Gasteiger charge is 2.27. The van der Waals surface area contributed by atoms with Crippen LogP contribution in [0.3, 0.4) is 0 Å². The smallest absolute Gasteiger partial charge is 0.274 e. The van der Waals surface area contributed by atoms with Gasteiger partial charge in [0.25, 0.3) is 11.6 Å². The van der Waals surface area contributed by atoms with Crippen molar-refractivity contribution in [2.75, 3.05) is 0 Å². The summed E-state index contributed by atoms with van der Waals surface area (Å²) in [6.07, 6.45) is 2.09. The molecule has 2 N–H and O–H groups in total. The summed E-state index contributed by atoms with van der Waals surface area (Å²) in [5.41, 5.74) is 0.992. The third-order valence-corrected chi connectivity index (χ3v) is 4.78. The molecular weight excluding hydrogens is 384 g/mol. The Morgan fingerprint density at radius 3 is 2.96 bits per heavy atom. The largest absolute Gasteiger partial charge is 0.343 e. The van der Waals surface area contributed by atoms with Gasteiger partial charge in [-0.2, -0.15) is 5.10 Å². The molecule has 1 aromatic carbocycles. The van der Waals surface area contributed by atoms with Gasteiger partial charge in [0.05, 0.1) is 22.8 Å². The van der Waals surface area contributed by atoms with Crippen molar-refractivity contribution >= 4 is 23.8 Å². The van der Waals surface area contributed by atoms with E-state index >= 15 is 0 Å². The quantitative estimate of drug-likeness (QED) is 0.367. The van der Waals surface area contributed by atoms with Crippen molar-refractivity contribution in [3.8, 4) is 5.69 Å². The Hall–Kier alpha value is -3.41. The average Bonchev–Trinajstić information content (AvgIpc) is 3.34. The fourth-order valence-corrected chi connectivity index (χ4v) is 3.24. The van der Waals surface area contributed by atoms with Gasteiger partial charge in [0.15, 0.2) is 16.3 Å². The molecule has 1 aliphatic carbocycles. The van der Waals surface area contributed by atoms with Crippen LogP contribution in [0.1, 0.15) is 40.9 Å². The summed E-state index contributed by atoms with van der Waals surface area (Å²) in [4.78, 5) is 23.0. The number of carbonyl (C=O) groups is 1. The van der Waals surface area contributed by atoms with E-state index in [9.17, 15) is 14.9 Å². The molecule has 0 unspecified atom stereocenters. The number of benzene rings is 1. The Labute approximate surface area is 163 Å². The fraction of sp³-hybridized carbons (Fsp3) is 0.312. The van der Waals surface area contributed by atoms with Gasteiger partial charge >= 0.3 is 0 Å². The first-order chi connectivity index (χ1) is 13.5. The van der Waals surface area contributed by atoms with Gasteiger partial charge in [0.1, 0.15) is 0 Å². The molecule has 3 aromatic rings. The number of amides is 1. The van der Waals surface area contributed by atoms with Crippen LogP contribution in [-0.2, 0) is 6.54 Å². The molecule has 28 heavy (non-hydrogen) atoms. The molecule has 0 radical (unpaired) electrons. The highest BCUT2D eigenvalue weighted by Crippen LogP contribution is 2.35. The molecule has 0 saturated heterocycles. The molecule has 0 spiro atoms. The number of carbonyl (C=O) groups excluding carboxylic acids is 1. The van der Waals surface area contributed by atoms with E-state index in [4.69, 9.17) is 12.2 Å². The number of nitrogens with zero attached hydrogens (tertiary/aromatic N) is 6. The number of nitrogens with one attached hydrogen (secondary N) is 2. The highest BCUT2D eigenvalue weighted by atomic mass is 32.1.